The summed E-state index contributed by atoms with van der Waals surface area (Å²) < 4.78 is 0. The molecule has 2 aromatic heterocycles. The minimum absolute atomic E-state index is 0.259. The predicted molar refractivity (Wildman–Crippen MR) is 67.5 cm³/mol. The number of aromatic hydroxyl groups is 1. The van der Waals surface area contributed by atoms with Crippen LogP contribution < -0.4 is 5.32 Å². The van der Waals surface area contributed by atoms with Crippen LogP contribution in [0.3, 0.4) is 0 Å². The number of benzene rings is 1. The van der Waals surface area contributed by atoms with Crippen LogP contribution >= 0.6 is 0 Å². The van der Waals surface area contributed by atoms with E-state index in [4.69, 9.17) is 0 Å². The highest BCUT2D eigenvalue weighted by atomic mass is 16.3. The van der Waals surface area contributed by atoms with E-state index in [1.165, 1.54) is 0 Å². The number of hydrogen-bond donors (Lipinski definition) is 3. The third-order valence-electron chi connectivity index (χ3n) is 2.62. The number of nitrogens with zero attached hydrogens (tertiary/aromatic N) is 1. The minimum Gasteiger partial charge on any atom is -0.508 e. The summed E-state index contributed by atoms with van der Waals surface area (Å²) in [4.78, 5) is 7.11. The standard InChI is InChI=1S/C13H11N3O/c17-10-1-2-12-11(7-10)13(8-15-12)16-9-3-5-14-6-4-9/h1-8,15,17H,(H,14,16). The highest BCUT2D eigenvalue weighted by Crippen LogP contribution is 2.28. The monoisotopic (exact) mass is 225 g/mol. The number of aromatic nitrogens is 2. The van der Waals surface area contributed by atoms with Crippen LogP contribution in [0.4, 0.5) is 11.4 Å². The lowest BCUT2D eigenvalue weighted by Crippen LogP contribution is -1.88. The Kier molecular flexibility index (Phi) is 2.19. The quantitative estimate of drug-likeness (QED) is 0.628. The molecule has 3 N–H and O–H groups in total. The number of hydrogen-bond acceptors (Lipinski definition) is 3. The summed E-state index contributed by atoms with van der Waals surface area (Å²) in [6.07, 6.45) is 5.34. The molecule has 1 aromatic carbocycles. The van der Waals surface area contributed by atoms with Gasteiger partial charge in [-0.3, -0.25) is 4.98 Å². The van der Waals surface area contributed by atoms with Gasteiger partial charge in [0, 0.05) is 35.2 Å². The molecule has 0 fully saturated rings. The van der Waals surface area contributed by atoms with Gasteiger partial charge >= 0.3 is 0 Å². The summed E-state index contributed by atoms with van der Waals surface area (Å²) in [7, 11) is 0. The number of rotatable bonds is 2. The van der Waals surface area contributed by atoms with Gasteiger partial charge in [-0.05, 0) is 30.3 Å². The van der Waals surface area contributed by atoms with E-state index in [-0.39, 0.29) is 5.75 Å². The fourth-order valence-electron chi connectivity index (χ4n) is 1.80. The molecule has 0 aliphatic heterocycles. The second-order valence-corrected chi connectivity index (χ2v) is 3.79. The predicted octanol–water partition coefficient (Wildman–Crippen LogP) is 3.01. The van der Waals surface area contributed by atoms with Crippen LogP contribution in [0.2, 0.25) is 0 Å². The number of nitrogens with one attached hydrogen (secondary N) is 2. The Labute approximate surface area is 97.9 Å². The van der Waals surface area contributed by atoms with Crippen molar-refractivity contribution in [1.29, 1.82) is 0 Å². The van der Waals surface area contributed by atoms with Crippen molar-refractivity contribution in [3.8, 4) is 5.75 Å². The van der Waals surface area contributed by atoms with Gasteiger partial charge in [0.25, 0.3) is 0 Å². The number of aromatic amines is 1. The van der Waals surface area contributed by atoms with E-state index >= 15 is 0 Å². The minimum atomic E-state index is 0.259. The molecule has 4 heteroatoms. The molecule has 2 heterocycles. The Morgan fingerprint density at radius 2 is 1.94 bits per heavy atom. The van der Waals surface area contributed by atoms with E-state index in [0.29, 0.717) is 0 Å². The van der Waals surface area contributed by atoms with Gasteiger partial charge in [-0.1, -0.05) is 0 Å². The maximum Gasteiger partial charge on any atom is 0.116 e. The van der Waals surface area contributed by atoms with Gasteiger partial charge in [-0.2, -0.15) is 0 Å². The molecule has 0 aliphatic carbocycles. The van der Waals surface area contributed by atoms with Crippen LogP contribution in [0.15, 0.2) is 48.9 Å². The van der Waals surface area contributed by atoms with E-state index in [9.17, 15) is 5.11 Å². The summed E-state index contributed by atoms with van der Waals surface area (Å²) in [6.45, 7) is 0. The van der Waals surface area contributed by atoms with Crippen LogP contribution in [-0.4, -0.2) is 15.1 Å². The summed E-state index contributed by atoms with van der Waals surface area (Å²) in [5.41, 5.74) is 2.88. The Morgan fingerprint density at radius 1 is 1.12 bits per heavy atom. The number of anilines is 2. The first-order chi connectivity index (χ1) is 8.33. The molecule has 0 saturated heterocycles. The van der Waals surface area contributed by atoms with Crippen LogP contribution in [0.25, 0.3) is 10.9 Å². The Morgan fingerprint density at radius 3 is 2.76 bits per heavy atom. The fraction of sp³-hybridized carbons (Fsp3) is 0. The maximum atomic E-state index is 9.49. The SMILES string of the molecule is Oc1ccc2[nH]cc(Nc3ccncc3)c2c1. The van der Waals surface area contributed by atoms with Gasteiger partial charge in [0.1, 0.15) is 5.75 Å². The highest BCUT2D eigenvalue weighted by molar-refractivity contribution is 5.94. The number of H-pyrrole nitrogens is 1. The molecule has 3 aromatic rings. The van der Waals surface area contributed by atoms with Gasteiger partial charge in [0.2, 0.25) is 0 Å². The molecule has 0 bridgehead atoms. The van der Waals surface area contributed by atoms with Crippen molar-refractivity contribution in [3.05, 3.63) is 48.9 Å². The smallest absolute Gasteiger partial charge is 0.116 e. The van der Waals surface area contributed by atoms with Crippen LogP contribution in [0.1, 0.15) is 0 Å². The van der Waals surface area contributed by atoms with Gasteiger partial charge < -0.3 is 15.4 Å². The molecule has 0 spiro atoms. The molecule has 0 radical (unpaired) electrons. The zero-order chi connectivity index (χ0) is 11.7. The summed E-state index contributed by atoms with van der Waals surface area (Å²) in [5, 5.41) is 13.7. The van der Waals surface area contributed by atoms with Crippen molar-refractivity contribution in [1.82, 2.24) is 9.97 Å². The van der Waals surface area contributed by atoms with Gasteiger partial charge in [0.05, 0.1) is 5.69 Å². The first-order valence-electron chi connectivity index (χ1n) is 5.30. The van der Waals surface area contributed by atoms with Crippen molar-refractivity contribution in [2.45, 2.75) is 0 Å². The molecule has 0 atom stereocenters. The largest absolute Gasteiger partial charge is 0.508 e. The molecule has 0 amide bonds. The maximum absolute atomic E-state index is 9.49. The molecule has 4 nitrogen and oxygen atoms in total. The normalized spacial score (nSPS) is 10.6. The molecular formula is C13H11N3O. The second kappa shape index (κ2) is 3.83. The van der Waals surface area contributed by atoms with E-state index < -0.39 is 0 Å². The number of pyridine rings is 1. The number of fused-ring (bicyclic) bond motifs is 1. The van der Waals surface area contributed by atoms with Crippen LogP contribution in [0.5, 0.6) is 5.75 Å². The zero-order valence-electron chi connectivity index (χ0n) is 9.01. The van der Waals surface area contributed by atoms with Crippen LogP contribution in [0, 0.1) is 0 Å². The van der Waals surface area contributed by atoms with Crippen molar-refractivity contribution in [2.24, 2.45) is 0 Å². The van der Waals surface area contributed by atoms with Crippen molar-refractivity contribution in [3.63, 3.8) is 0 Å². The van der Waals surface area contributed by atoms with Gasteiger partial charge in [-0.15, -0.1) is 0 Å². The molecule has 17 heavy (non-hydrogen) atoms. The van der Waals surface area contributed by atoms with E-state index in [2.05, 4.69) is 15.3 Å². The topological polar surface area (TPSA) is 60.9 Å². The first kappa shape index (κ1) is 9.72. The van der Waals surface area contributed by atoms with E-state index in [1.54, 1.807) is 24.5 Å². The molecule has 3 rings (SSSR count). The third-order valence-corrected chi connectivity index (χ3v) is 2.62. The van der Waals surface area contributed by atoms with Crippen molar-refractivity contribution in [2.75, 3.05) is 5.32 Å². The zero-order valence-corrected chi connectivity index (χ0v) is 9.01. The summed E-state index contributed by atoms with van der Waals surface area (Å²) in [6, 6.07) is 9.02. The average molecular weight is 225 g/mol. The van der Waals surface area contributed by atoms with Crippen molar-refractivity contribution >= 4 is 22.3 Å². The molecule has 84 valence electrons. The third kappa shape index (κ3) is 1.80. The van der Waals surface area contributed by atoms with Crippen LogP contribution in [-0.2, 0) is 0 Å². The summed E-state index contributed by atoms with van der Waals surface area (Å²) in [5.74, 6) is 0.259. The molecule has 0 saturated carbocycles. The van der Waals surface area contributed by atoms with Gasteiger partial charge in [-0.25, -0.2) is 0 Å². The van der Waals surface area contributed by atoms with Gasteiger partial charge in [0.15, 0.2) is 0 Å². The van der Waals surface area contributed by atoms with E-state index in [0.717, 1.165) is 22.3 Å². The first-order valence-corrected chi connectivity index (χ1v) is 5.30. The fourth-order valence-corrected chi connectivity index (χ4v) is 1.80. The lowest BCUT2D eigenvalue weighted by Gasteiger charge is -2.04. The highest BCUT2D eigenvalue weighted by Gasteiger charge is 2.04. The molecular weight excluding hydrogens is 214 g/mol. The lowest BCUT2D eigenvalue weighted by atomic mass is 10.2. The Balaban J connectivity index is 2.03. The number of phenols is 1. The average Bonchev–Trinajstić information content (AvgIpc) is 2.73. The lowest BCUT2D eigenvalue weighted by molar-refractivity contribution is 0.476. The Bertz CT molecular complexity index is 646. The Hall–Kier alpha value is -2.49. The second-order valence-electron chi connectivity index (χ2n) is 3.79. The van der Waals surface area contributed by atoms with Crippen molar-refractivity contribution < 1.29 is 5.11 Å². The number of phenolic OH excluding ortho intramolecular Hbond substituents is 1. The summed E-state index contributed by atoms with van der Waals surface area (Å²) >= 11 is 0. The van der Waals surface area contributed by atoms with E-state index in [1.807, 2.05) is 24.4 Å². The molecule has 0 unspecified atom stereocenters. The molecule has 0 aliphatic rings.